The Bertz CT molecular complexity index is 893. The lowest BCUT2D eigenvalue weighted by atomic mass is 10.1. The molecule has 1 aromatic heterocycles. The van der Waals surface area contributed by atoms with E-state index in [-0.39, 0.29) is 6.03 Å². The predicted octanol–water partition coefficient (Wildman–Crippen LogP) is 4.05. The zero-order valence-corrected chi connectivity index (χ0v) is 14.4. The molecule has 0 aliphatic heterocycles. The first kappa shape index (κ1) is 16.8. The average Bonchev–Trinajstić information content (AvgIpc) is 2.62. The van der Waals surface area contributed by atoms with E-state index in [1.54, 1.807) is 6.20 Å². The third-order valence-corrected chi connectivity index (χ3v) is 4.08. The summed E-state index contributed by atoms with van der Waals surface area (Å²) in [5.41, 5.74) is 3.96. The van der Waals surface area contributed by atoms with E-state index < -0.39 is 0 Å². The Labute approximate surface area is 147 Å². The van der Waals surface area contributed by atoms with Crippen LogP contribution in [-0.4, -0.2) is 24.2 Å². The third kappa shape index (κ3) is 4.26. The van der Waals surface area contributed by atoms with Crippen LogP contribution in [0.5, 0.6) is 5.75 Å². The number of nitrogens with zero attached hydrogens (tertiary/aromatic N) is 1. The van der Waals surface area contributed by atoms with Gasteiger partial charge in [-0.15, -0.1) is 0 Å². The third-order valence-electron chi connectivity index (χ3n) is 4.08. The van der Waals surface area contributed by atoms with Gasteiger partial charge in [-0.25, -0.2) is 4.79 Å². The highest BCUT2D eigenvalue weighted by Crippen LogP contribution is 2.19. The molecule has 5 nitrogen and oxygen atoms in total. The van der Waals surface area contributed by atoms with Crippen LogP contribution < -0.4 is 15.4 Å². The van der Waals surface area contributed by atoms with Gasteiger partial charge in [0.2, 0.25) is 0 Å². The topological polar surface area (TPSA) is 63.2 Å². The average molecular weight is 335 g/mol. The summed E-state index contributed by atoms with van der Waals surface area (Å²) in [6, 6.07) is 15.2. The van der Waals surface area contributed by atoms with Crippen molar-refractivity contribution in [3.63, 3.8) is 0 Å². The molecule has 0 saturated heterocycles. The SMILES string of the molecule is Cc1cccc(NC(=O)NCCOc2ccc3ncccc3c2)c1C. The number of pyridine rings is 1. The lowest BCUT2D eigenvalue weighted by Gasteiger charge is -2.12. The van der Waals surface area contributed by atoms with Gasteiger partial charge in [0, 0.05) is 17.3 Å². The molecule has 0 radical (unpaired) electrons. The molecule has 1 heterocycles. The summed E-state index contributed by atoms with van der Waals surface area (Å²) in [6.07, 6.45) is 1.77. The molecule has 0 spiro atoms. The summed E-state index contributed by atoms with van der Waals surface area (Å²) < 4.78 is 5.69. The zero-order chi connectivity index (χ0) is 17.6. The van der Waals surface area contributed by atoms with Gasteiger partial charge in [-0.2, -0.15) is 0 Å². The molecular formula is C20H21N3O2. The van der Waals surface area contributed by atoms with Crippen LogP contribution in [0, 0.1) is 13.8 Å². The van der Waals surface area contributed by atoms with E-state index in [4.69, 9.17) is 4.74 Å². The highest BCUT2D eigenvalue weighted by molar-refractivity contribution is 5.90. The summed E-state index contributed by atoms with van der Waals surface area (Å²) in [6.45, 7) is 4.82. The number of carbonyl (C=O) groups is 1. The number of hydrogen-bond donors (Lipinski definition) is 2. The quantitative estimate of drug-likeness (QED) is 0.691. The molecule has 2 amide bonds. The minimum Gasteiger partial charge on any atom is -0.492 e. The number of rotatable bonds is 5. The van der Waals surface area contributed by atoms with Crippen molar-refractivity contribution in [1.82, 2.24) is 10.3 Å². The standard InChI is InChI=1S/C20H21N3O2/c1-14-5-3-7-18(15(14)2)23-20(24)22-11-12-25-17-8-9-19-16(13-17)6-4-10-21-19/h3-10,13H,11-12H2,1-2H3,(H2,22,23,24). The van der Waals surface area contributed by atoms with E-state index in [0.717, 1.165) is 33.5 Å². The Kier molecular flexibility index (Phi) is 5.14. The normalized spacial score (nSPS) is 10.5. The fourth-order valence-electron chi connectivity index (χ4n) is 2.53. The maximum Gasteiger partial charge on any atom is 0.319 e. The molecule has 2 N–H and O–H groups in total. The van der Waals surface area contributed by atoms with Crippen molar-refractivity contribution in [3.8, 4) is 5.75 Å². The predicted molar refractivity (Wildman–Crippen MR) is 100 cm³/mol. The van der Waals surface area contributed by atoms with Gasteiger partial charge in [-0.3, -0.25) is 4.98 Å². The molecular weight excluding hydrogens is 314 g/mol. The van der Waals surface area contributed by atoms with Crippen LogP contribution in [0.1, 0.15) is 11.1 Å². The highest BCUT2D eigenvalue weighted by atomic mass is 16.5. The van der Waals surface area contributed by atoms with Crippen molar-refractivity contribution in [2.24, 2.45) is 0 Å². The number of fused-ring (bicyclic) bond motifs is 1. The van der Waals surface area contributed by atoms with E-state index in [0.29, 0.717) is 13.2 Å². The molecule has 0 bridgehead atoms. The van der Waals surface area contributed by atoms with Gasteiger partial charge in [0.25, 0.3) is 0 Å². The second kappa shape index (κ2) is 7.66. The van der Waals surface area contributed by atoms with Gasteiger partial charge < -0.3 is 15.4 Å². The summed E-state index contributed by atoms with van der Waals surface area (Å²) in [5.74, 6) is 0.761. The molecule has 0 fully saturated rings. The van der Waals surface area contributed by atoms with Crippen LogP contribution in [0.4, 0.5) is 10.5 Å². The molecule has 0 aliphatic rings. The zero-order valence-electron chi connectivity index (χ0n) is 14.4. The van der Waals surface area contributed by atoms with Gasteiger partial charge in [0.1, 0.15) is 12.4 Å². The van der Waals surface area contributed by atoms with Gasteiger partial charge in [0.05, 0.1) is 12.1 Å². The first-order chi connectivity index (χ1) is 12.1. The number of aromatic nitrogens is 1. The van der Waals surface area contributed by atoms with E-state index >= 15 is 0 Å². The molecule has 3 rings (SSSR count). The number of ether oxygens (including phenoxy) is 1. The molecule has 128 valence electrons. The maximum atomic E-state index is 12.0. The lowest BCUT2D eigenvalue weighted by Crippen LogP contribution is -2.32. The first-order valence-electron chi connectivity index (χ1n) is 8.22. The van der Waals surface area contributed by atoms with Crippen LogP contribution in [0.2, 0.25) is 0 Å². The molecule has 5 heteroatoms. The van der Waals surface area contributed by atoms with Crippen LogP contribution in [0.25, 0.3) is 10.9 Å². The molecule has 2 aromatic carbocycles. The molecule has 0 aliphatic carbocycles. The van der Waals surface area contributed by atoms with Gasteiger partial charge >= 0.3 is 6.03 Å². The fraction of sp³-hybridized carbons (Fsp3) is 0.200. The Morgan fingerprint density at radius 1 is 1.12 bits per heavy atom. The monoisotopic (exact) mass is 335 g/mol. The van der Waals surface area contributed by atoms with Crippen molar-refractivity contribution in [2.75, 3.05) is 18.5 Å². The Morgan fingerprint density at radius 2 is 2.00 bits per heavy atom. The number of hydrogen-bond acceptors (Lipinski definition) is 3. The minimum atomic E-state index is -0.236. The minimum absolute atomic E-state index is 0.236. The number of amides is 2. The lowest BCUT2D eigenvalue weighted by molar-refractivity contribution is 0.247. The highest BCUT2D eigenvalue weighted by Gasteiger charge is 2.05. The second-order valence-electron chi connectivity index (χ2n) is 5.83. The van der Waals surface area contributed by atoms with Crippen molar-refractivity contribution in [1.29, 1.82) is 0 Å². The van der Waals surface area contributed by atoms with Crippen LogP contribution >= 0.6 is 0 Å². The largest absolute Gasteiger partial charge is 0.492 e. The summed E-state index contributed by atoms with van der Waals surface area (Å²) in [5, 5.41) is 6.69. The van der Waals surface area contributed by atoms with E-state index in [2.05, 4.69) is 15.6 Å². The molecule has 25 heavy (non-hydrogen) atoms. The van der Waals surface area contributed by atoms with Gasteiger partial charge in [0.15, 0.2) is 0 Å². The summed E-state index contributed by atoms with van der Waals surface area (Å²) in [7, 11) is 0. The van der Waals surface area contributed by atoms with Crippen molar-refractivity contribution < 1.29 is 9.53 Å². The Hall–Kier alpha value is -3.08. The summed E-state index contributed by atoms with van der Waals surface area (Å²) >= 11 is 0. The fourth-order valence-corrected chi connectivity index (χ4v) is 2.53. The number of urea groups is 1. The number of anilines is 1. The van der Waals surface area contributed by atoms with Gasteiger partial charge in [-0.05, 0) is 55.3 Å². The summed E-state index contributed by atoms with van der Waals surface area (Å²) in [4.78, 5) is 16.3. The van der Waals surface area contributed by atoms with Gasteiger partial charge in [-0.1, -0.05) is 18.2 Å². The molecule has 0 atom stereocenters. The maximum absolute atomic E-state index is 12.0. The molecule has 0 unspecified atom stereocenters. The number of benzene rings is 2. The number of nitrogens with one attached hydrogen (secondary N) is 2. The number of aryl methyl sites for hydroxylation is 1. The van der Waals surface area contributed by atoms with E-state index in [1.165, 1.54) is 0 Å². The van der Waals surface area contributed by atoms with E-state index in [9.17, 15) is 4.79 Å². The Balaban J connectivity index is 1.47. The van der Waals surface area contributed by atoms with E-state index in [1.807, 2.05) is 62.4 Å². The van der Waals surface area contributed by atoms with Crippen LogP contribution in [-0.2, 0) is 0 Å². The van der Waals surface area contributed by atoms with Crippen LogP contribution in [0.3, 0.4) is 0 Å². The van der Waals surface area contributed by atoms with Crippen molar-refractivity contribution in [3.05, 3.63) is 65.9 Å². The molecule has 3 aromatic rings. The first-order valence-corrected chi connectivity index (χ1v) is 8.22. The van der Waals surface area contributed by atoms with Crippen molar-refractivity contribution in [2.45, 2.75) is 13.8 Å². The smallest absolute Gasteiger partial charge is 0.319 e. The molecule has 0 saturated carbocycles. The number of carbonyl (C=O) groups excluding carboxylic acids is 1. The van der Waals surface area contributed by atoms with Crippen LogP contribution in [0.15, 0.2) is 54.7 Å². The Morgan fingerprint density at radius 3 is 2.88 bits per heavy atom. The second-order valence-corrected chi connectivity index (χ2v) is 5.83. The van der Waals surface area contributed by atoms with Crippen molar-refractivity contribution >= 4 is 22.6 Å².